The molecule has 0 N–H and O–H groups in total. The Bertz CT molecular complexity index is 1450. The Morgan fingerprint density at radius 1 is 0.618 bits per heavy atom. The summed E-state index contributed by atoms with van der Waals surface area (Å²) in [6.45, 7) is 6.15. The first kappa shape index (κ1) is 21.5. The van der Waals surface area contributed by atoms with Gasteiger partial charge in [0.25, 0.3) is 11.4 Å². The van der Waals surface area contributed by atoms with E-state index in [1.165, 1.54) is 33.4 Å². The van der Waals surface area contributed by atoms with Crippen molar-refractivity contribution < 1.29 is 9.35 Å². The van der Waals surface area contributed by atoms with Crippen molar-refractivity contribution in [3.63, 3.8) is 0 Å². The van der Waals surface area contributed by atoms with Crippen LogP contribution in [0.5, 0.6) is 0 Å². The van der Waals surface area contributed by atoms with Crippen LogP contribution in [0.25, 0.3) is 33.6 Å². The molecule has 5 aromatic rings. The van der Waals surface area contributed by atoms with Crippen molar-refractivity contribution >= 4 is 0 Å². The van der Waals surface area contributed by atoms with Gasteiger partial charge in [-0.1, -0.05) is 72.8 Å². The van der Waals surface area contributed by atoms with Crippen molar-refractivity contribution in [3.8, 4) is 33.6 Å². The van der Waals surface area contributed by atoms with Gasteiger partial charge in [-0.05, 0) is 53.8 Å². The minimum atomic E-state index is 0.815. The highest BCUT2D eigenvalue weighted by Crippen LogP contribution is 2.27. The fraction of sp³-hybridized carbons (Fsp3) is 0.0625. The molecule has 34 heavy (non-hydrogen) atoms. The van der Waals surface area contributed by atoms with Gasteiger partial charge in [-0.2, -0.15) is 0 Å². The van der Waals surface area contributed by atoms with E-state index in [4.69, 9.17) is 0 Å². The highest BCUT2D eigenvalue weighted by Gasteiger charge is 2.28. The lowest BCUT2D eigenvalue weighted by Crippen LogP contribution is -2.68. The van der Waals surface area contributed by atoms with Crippen LogP contribution in [0.4, 0.5) is 0 Å². The first-order chi connectivity index (χ1) is 16.8. The van der Waals surface area contributed by atoms with Gasteiger partial charge in [0.15, 0.2) is 0 Å². The first-order valence-corrected chi connectivity index (χ1v) is 11.6. The lowest BCUT2D eigenvalue weighted by atomic mass is 9.98. The van der Waals surface area contributed by atoms with Crippen molar-refractivity contribution in [2.24, 2.45) is 0 Å². The van der Waals surface area contributed by atoms with Crippen LogP contribution in [0.15, 0.2) is 134 Å². The molecule has 0 radical (unpaired) electrons. The van der Waals surface area contributed by atoms with Gasteiger partial charge in [-0.3, -0.25) is 0 Å². The Labute approximate surface area is 201 Å². The van der Waals surface area contributed by atoms with E-state index in [0.29, 0.717) is 0 Å². The Balaban J connectivity index is 1.79. The third-order valence-corrected chi connectivity index (χ3v) is 6.19. The van der Waals surface area contributed by atoms with Gasteiger partial charge in [0.1, 0.15) is 0 Å². The van der Waals surface area contributed by atoms with E-state index >= 15 is 0 Å². The summed E-state index contributed by atoms with van der Waals surface area (Å²) in [7, 11) is 0. The Kier molecular flexibility index (Phi) is 6.13. The molecule has 0 bridgehead atoms. The van der Waals surface area contributed by atoms with Gasteiger partial charge in [0, 0.05) is 24.3 Å². The van der Waals surface area contributed by atoms with Crippen molar-refractivity contribution in [2.45, 2.75) is 13.3 Å². The number of aromatic nitrogens is 2. The molecule has 2 heterocycles. The minimum Gasteiger partial charge on any atom is -0.103 e. The van der Waals surface area contributed by atoms with Crippen LogP contribution < -0.4 is 9.35 Å². The quantitative estimate of drug-likeness (QED) is 0.207. The summed E-state index contributed by atoms with van der Waals surface area (Å²) >= 11 is 0. The number of allylic oxidation sites excluding steroid dienone is 1. The molecular formula is C32H28N2+2. The van der Waals surface area contributed by atoms with Crippen LogP contribution in [-0.4, -0.2) is 0 Å². The maximum Gasteiger partial charge on any atom is 0.285 e. The number of nitrogens with zero attached hydrogens (tertiary/aromatic N) is 2. The number of aryl methyl sites for hydroxylation is 1. The summed E-state index contributed by atoms with van der Waals surface area (Å²) in [5.41, 5.74) is 9.58. The number of hydrogen-bond donors (Lipinski definition) is 0. The van der Waals surface area contributed by atoms with Gasteiger partial charge in [0.2, 0.25) is 12.4 Å². The van der Waals surface area contributed by atoms with Crippen LogP contribution in [0.1, 0.15) is 11.1 Å². The summed E-state index contributed by atoms with van der Waals surface area (Å²) in [6.07, 6.45) is 7.09. The molecule has 0 spiro atoms. The lowest BCUT2D eigenvalue weighted by molar-refractivity contribution is -1.29. The zero-order valence-corrected chi connectivity index (χ0v) is 19.4. The summed E-state index contributed by atoms with van der Waals surface area (Å²) in [5.74, 6) is 0. The van der Waals surface area contributed by atoms with Crippen molar-refractivity contribution in [2.75, 3.05) is 0 Å². The molecule has 0 aliphatic rings. The van der Waals surface area contributed by atoms with E-state index in [-0.39, 0.29) is 0 Å². The summed E-state index contributed by atoms with van der Waals surface area (Å²) < 4.78 is 4.48. The largest absolute Gasteiger partial charge is 0.285 e. The number of benzene rings is 3. The molecule has 0 aliphatic carbocycles. The average Bonchev–Trinajstić information content (AvgIpc) is 2.90. The molecule has 5 rings (SSSR count). The molecule has 3 aromatic carbocycles. The number of rotatable bonds is 6. The molecule has 2 aromatic heterocycles. The molecule has 0 fully saturated rings. The fourth-order valence-electron chi connectivity index (χ4n) is 4.49. The van der Waals surface area contributed by atoms with Gasteiger partial charge < -0.3 is 0 Å². The van der Waals surface area contributed by atoms with E-state index in [1.54, 1.807) is 0 Å². The molecule has 0 saturated heterocycles. The highest BCUT2D eigenvalue weighted by atomic mass is 15.4. The molecule has 2 heteroatoms. The Morgan fingerprint density at radius 3 is 2.09 bits per heavy atom. The molecule has 2 nitrogen and oxygen atoms in total. The van der Waals surface area contributed by atoms with E-state index in [9.17, 15) is 0 Å². The first-order valence-electron chi connectivity index (χ1n) is 11.6. The predicted octanol–water partition coefficient (Wildman–Crippen LogP) is 6.61. The second-order valence-corrected chi connectivity index (χ2v) is 8.41. The second-order valence-electron chi connectivity index (χ2n) is 8.41. The molecular weight excluding hydrogens is 412 g/mol. The van der Waals surface area contributed by atoms with Crippen LogP contribution in [-0.2, 0) is 6.42 Å². The maximum atomic E-state index is 3.99. The van der Waals surface area contributed by atoms with Gasteiger partial charge in [0.05, 0.1) is 20.5 Å². The third-order valence-electron chi connectivity index (χ3n) is 6.19. The maximum absolute atomic E-state index is 3.99. The van der Waals surface area contributed by atoms with Crippen LogP contribution in [0.2, 0.25) is 0 Å². The number of pyridine rings is 2. The molecule has 164 valence electrons. The van der Waals surface area contributed by atoms with Crippen molar-refractivity contribution in [3.05, 3.63) is 145 Å². The summed E-state index contributed by atoms with van der Waals surface area (Å²) in [6, 6.07) is 38.5. The molecule has 0 atom stereocenters. The molecule has 0 amide bonds. The van der Waals surface area contributed by atoms with Crippen molar-refractivity contribution in [1.29, 1.82) is 0 Å². The zero-order chi connectivity index (χ0) is 23.3. The zero-order valence-electron chi connectivity index (χ0n) is 19.4. The Morgan fingerprint density at radius 2 is 1.29 bits per heavy atom. The lowest BCUT2D eigenvalue weighted by Gasteiger charge is -2.09. The second kappa shape index (κ2) is 9.68. The van der Waals surface area contributed by atoms with Gasteiger partial charge >= 0.3 is 0 Å². The predicted molar refractivity (Wildman–Crippen MR) is 139 cm³/mol. The normalized spacial score (nSPS) is 10.7. The number of hydrogen-bond acceptors (Lipinski definition) is 0. The molecule has 0 saturated carbocycles. The monoisotopic (exact) mass is 440 g/mol. The molecule has 0 unspecified atom stereocenters. The van der Waals surface area contributed by atoms with Crippen LogP contribution in [0, 0.1) is 6.92 Å². The van der Waals surface area contributed by atoms with E-state index in [2.05, 4.69) is 144 Å². The Hall–Kier alpha value is -4.30. The average molecular weight is 441 g/mol. The van der Waals surface area contributed by atoms with E-state index < -0.39 is 0 Å². The van der Waals surface area contributed by atoms with Gasteiger partial charge in [-0.25, -0.2) is 0 Å². The summed E-state index contributed by atoms with van der Waals surface area (Å²) in [4.78, 5) is 0. The fourth-order valence-corrected chi connectivity index (χ4v) is 4.49. The third kappa shape index (κ3) is 4.18. The SMILES string of the molecule is C=CCc1ccccc1-c1cc(-c2ccccc2)cc[n+]1-[n+]1ccccc1-c1ccccc1C. The standard InChI is InChI=1S/C32H28N2/c1-3-13-27-17-8-10-19-30(27)32-24-28(26-15-5-4-6-16-26)21-23-34(32)33-22-12-11-20-31(33)29-18-9-7-14-25(29)2/h3-12,14-24H,1,13H2,2H3/q+2. The van der Waals surface area contributed by atoms with E-state index in [1.807, 2.05) is 6.08 Å². The summed E-state index contributed by atoms with van der Waals surface area (Å²) in [5, 5.41) is 0. The van der Waals surface area contributed by atoms with Crippen LogP contribution in [0.3, 0.4) is 0 Å². The smallest absolute Gasteiger partial charge is 0.103 e. The molecule has 0 aliphatic heterocycles. The van der Waals surface area contributed by atoms with E-state index in [0.717, 1.165) is 17.8 Å². The topological polar surface area (TPSA) is 7.76 Å². The van der Waals surface area contributed by atoms with Gasteiger partial charge in [-0.15, -0.1) is 6.58 Å². The highest BCUT2D eigenvalue weighted by molar-refractivity contribution is 5.70. The van der Waals surface area contributed by atoms with Crippen molar-refractivity contribution in [1.82, 2.24) is 0 Å². The van der Waals surface area contributed by atoms with Crippen LogP contribution >= 0.6 is 0 Å². The minimum absolute atomic E-state index is 0.815.